The van der Waals surface area contributed by atoms with E-state index in [-0.39, 0.29) is 0 Å². The summed E-state index contributed by atoms with van der Waals surface area (Å²) < 4.78 is 0. The molecule has 1 unspecified atom stereocenters. The van der Waals surface area contributed by atoms with E-state index in [9.17, 15) is 0 Å². The summed E-state index contributed by atoms with van der Waals surface area (Å²) in [4.78, 5) is 2.51. The molecule has 0 radical (unpaired) electrons. The fraction of sp³-hybridized carbons (Fsp3) is 1.00. The van der Waals surface area contributed by atoms with Crippen LogP contribution in [0, 0.1) is 5.92 Å². The van der Waals surface area contributed by atoms with Crippen LogP contribution in [0.15, 0.2) is 0 Å². The molecule has 0 N–H and O–H groups in total. The highest BCUT2D eigenvalue weighted by atomic mass is 15.1. The highest BCUT2D eigenvalue weighted by Gasteiger charge is 2.03. The smallest absolute Gasteiger partial charge is 0.000387 e. The Morgan fingerprint density at radius 3 is 1.68 bits per heavy atom. The predicted molar refractivity (Wildman–Crippen MR) is 88.8 cm³/mol. The van der Waals surface area contributed by atoms with Crippen LogP contribution in [0.25, 0.3) is 0 Å². The molecule has 0 bridgehead atoms. The van der Waals surface area contributed by atoms with Crippen molar-refractivity contribution in [1.29, 1.82) is 0 Å². The standard InChI is InChI=1S/C18H39N/c1-5-7-8-9-10-11-12-13-14-15-16-19(4)17-18(3)6-2/h18H,5-17H2,1-4H3. The molecule has 0 aliphatic rings. The molecule has 1 atom stereocenters. The van der Waals surface area contributed by atoms with E-state index in [4.69, 9.17) is 0 Å². The lowest BCUT2D eigenvalue weighted by Gasteiger charge is -2.20. The third-order valence-corrected chi connectivity index (χ3v) is 4.21. The van der Waals surface area contributed by atoms with Gasteiger partial charge in [-0.3, -0.25) is 0 Å². The van der Waals surface area contributed by atoms with Gasteiger partial charge in [0.25, 0.3) is 0 Å². The molecule has 19 heavy (non-hydrogen) atoms. The molecule has 0 aromatic rings. The summed E-state index contributed by atoms with van der Waals surface area (Å²) in [5.74, 6) is 0.855. The Morgan fingerprint density at radius 2 is 1.21 bits per heavy atom. The van der Waals surface area contributed by atoms with Crippen LogP contribution in [0.5, 0.6) is 0 Å². The molecule has 0 aromatic heterocycles. The lowest BCUT2D eigenvalue weighted by atomic mass is 10.1. The van der Waals surface area contributed by atoms with E-state index in [2.05, 4.69) is 32.7 Å². The minimum Gasteiger partial charge on any atom is -0.306 e. The summed E-state index contributed by atoms with van der Waals surface area (Å²) in [5.41, 5.74) is 0. The first-order chi connectivity index (χ1) is 9.20. The molecule has 0 fully saturated rings. The molecular formula is C18H39N. The van der Waals surface area contributed by atoms with Gasteiger partial charge in [-0.15, -0.1) is 0 Å². The average molecular weight is 270 g/mol. The zero-order valence-corrected chi connectivity index (χ0v) is 14.2. The van der Waals surface area contributed by atoms with Crippen molar-refractivity contribution in [3.63, 3.8) is 0 Å². The molecule has 0 rings (SSSR count). The Labute approximate surface area is 123 Å². The van der Waals surface area contributed by atoms with Crippen LogP contribution in [0.2, 0.25) is 0 Å². The van der Waals surface area contributed by atoms with Gasteiger partial charge in [0.1, 0.15) is 0 Å². The van der Waals surface area contributed by atoms with Gasteiger partial charge in [0.15, 0.2) is 0 Å². The van der Waals surface area contributed by atoms with Crippen LogP contribution in [-0.2, 0) is 0 Å². The highest BCUT2D eigenvalue weighted by Crippen LogP contribution is 2.11. The molecule has 1 heteroatoms. The largest absolute Gasteiger partial charge is 0.306 e. The lowest BCUT2D eigenvalue weighted by Crippen LogP contribution is -2.25. The third-order valence-electron chi connectivity index (χ3n) is 4.21. The Kier molecular flexibility index (Phi) is 14.3. The number of hydrogen-bond acceptors (Lipinski definition) is 1. The van der Waals surface area contributed by atoms with Crippen molar-refractivity contribution < 1.29 is 0 Å². The molecule has 0 aliphatic heterocycles. The first-order valence-corrected chi connectivity index (χ1v) is 8.89. The Hall–Kier alpha value is -0.0400. The summed E-state index contributed by atoms with van der Waals surface area (Å²) in [6, 6.07) is 0. The number of rotatable bonds is 14. The van der Waals surface area contributed by atoms with Gasteiger partial charge < -0.3 is 4.90 Å². The van der Waals surface area contributed by atoms with E-state index in [1.165, 1.54) is 83.7 Å². The van der Waals surface area contributed by atoms with Crippen molar-refractivity contribution in [2.45, 2.75) is 91.4 Å². The van der Waals surface area contributed by atoms with Crippen LogP contribution < -0.4 is 0 Å². The van der Waals surface area contributed by atoms with E-state index >= 15 is 0 Å². The Morgan fingerprint density at radius 1 is 0.737 bits per heavy atom. The van der Waals surface area contributed by atoms with Gasteiger partial charge in [0, 0.05) is 6.54 Å². The van der Waals surface area contributed by atoms with Crippen LogP contribution in [0.1, 0.15) is 91.4 Å². The topological polar surface area (TPSA) is 3.24 Å². The van der Waals surface area contributed by atoms with Gasteiger partial charge in [-0.2, -0.15) is 0 Å². The van der Waals surface area contributed by atoms with Crippen LogP contribution >= 0.6 is 0 Å². The fourth-order valence-corrected chi connectivity index (χ4v) is 2.62. The number of nitrogens with zero attached hydrogens (tertiary/aromatic N) is 1. The van der Waals surface area contributed by atoms with Crippen molar-refractivity contribution in [3.05, 3.63) is 0 Å². The summed E-state index contributed by atoms with van der Waals surface area (Å²) in [7, 11) is 2.28. The van der Waals surface area contributed by atoms with Crippen molar-refractivity contribution in [3.8, 4) is 0 Å². The Bertz CT molecular complexity index is 167. The van der Waals surface area contributed by atoms with Crippen LogP contribution in [0.4, 0.5) is 0 Å². The third kappa shape index (κ3) is 14.2. The van der Waals surface area contributed by atoms with E-state index in [0.29, 0.717) is 0 Å². The van der Waals surface area contributed by atoms with E-state index in [1.54, 1.807) is 0 Å². The maximum atomic E-state index is 2.51. The maximum Gasteiger partial charge on any atom is 0.000387 e. The summed E-state index contributed by atoms with van der Waals surface area (Å²) in [5, 5.41) is 0. The zero-order valence-electron chi connectivity index (χ0n) is 14.2. The van der Waals surface area contributed by atoms with Crippen molar-refractivity contribution in [2.24, 2.45) is 5.92 Å². The summed E-state index contributed by atoms with van der Waals surface area (Å²) in [6.45, 7) is 9.50. The zero-order chi connectivity index (χ0) is 14.3. The molecule has 0 aromatic carbocycles. The minimum atomic E-state index is 0.855. The van der Waals surface area contributed by atoms with E-state index in [1.807, 2.05) is 0 Å². The first kappa shape index (κ1) is 19.0. The first-order valence-electron chi connectivity index (χ1n) is 8.89. The summed E-state index contributed by atoms with van der Waals surface area (Å²) in [6.07, 6.45) is 15.7. The Balaban J connectivity index is 3.13. The van der Waals surface area contributed by atoms with E-state index in [0.717, 1.165) is 5.92 Å². The molecule has 0 heterocycles. The predicted octanol–water partition coefficient (Wildman–Crippen LogP) is 5.89. The maximum absolute atomic E-state index is 2.51. The van der Waals surface area contributed by atoms with Crippen molar-refractivity contribution in [2.75, 3.05) is 20.1 Å². The number of unbranched alkanes of at least 4 members (excludes halogenated alkanes) is 9. The van der Waals surface area contributed by atoms with Crippen LogP contribution in [0.3, 0.4) is 0 Å². The van der Waals surface area contributed by atoms with Gasteiger partial charge in [0.05, 0.1) is 0 Å². The molecule has 116 valence electrons. The highest BCUT2D eigenvalue weighted by molar-refractivity contribution is 4.58. The van der Waals surface area contributed by atoms with Gasteiger partial charge >= 0.3 is 0 Å². The van der Waals surface area contributed by atoms with Gasteiger partial charge in [-0.1, -0.05) is 85.0 Å². The molecule has 0 amide bonds. The average Bonchev–Trinajstić information content (AvgIpc) is 2.40. The molecule has 0 saturated carbocycles. The molecular weight excluding hydrogens is 230 g/mol. The van der Waals surface area contributed by atoms with Gasteiger partial charge in [0.2, 0.25) is 0 Å². The summed E-state index contributed by atoms with van der Waals surface area (Å²) >= 11 is 0. The number of hydrogen-bond donors (Lipinski definition) is 0. The second-order valence-electron chi connectivity index (χ2n) is 6.46. The van der Waals surface area contributed by atoms with Gasteiger partial charge in [-0.25, -0.2) is 0 Å². The lowest BCUT2D eigenvalue weighted by molar-refractivity contribution is 0.276. The SMILES string of the molecule is CCCCCCCCCCCCN(C)CC(C)CC. The molecule has 0 aliphatic carbocycles. The second-order valence-corrected chi connectivity index (χ2v) is 6.46. The molecule has 0 spiro atoms. The monoisotopic (exact) mass is 269 g/mol. The molecule has 1 nitrogen and oxygen atoms in total. The van der Waals surface area contributed by atoms with Crippen LogP contribution in [-0.4, -0.2) is 25.0 Å². The molecule has 0 saturated heterocycles. The van der Waals surface area contributed by atoms with Crippen molar-refractivity contribution in [1.82, 2.24) is 4.90 Å². The minimum absolute atomic E-state index is 0.855. The van der Waals surface area contributed by atoms with Gasteiger partial charge in [-0.05, 0) is 25.9 Å². The van der Waals surface area contributed by atoms with E-state index < -0.39 is 0 Å². The van der Waals surface area contributed by atoms with Crippen molar-refractivity contribution >= 4 is 0 Å². The quantitative estimate of drug-likeness (QED) is 0.356. The normalized spacial score (nSPS) is 13.1. The second kappa shape index (κ2) is 14.4. The fourth-order valence-electron chi connectivity index (χ4n) is 2.62.